The van der Waals surface area contributed by atoms with E-state index in [2.05, 4.69) is 20.2 Å². The molecule has 1 saturated heterocycles. The van der Waals surface area contributed by atoms with E-state index in [1.54, 1.807) is 24.3 Å². The van der Waals surface area contributed by atoms with E-state index in [0.29, 0.717) is 62.8 Å². The Bertz CT molecular complexity index is 2180. The lowest BCUT2D eigenvalue weighted by Gasteiger charge is -2.30. The summed E-state index contributed by atoms with van der Waals surface area (Å²) in [6.45, 7) is 4.00. The number of morpholine rings is 1. The van der Waals surface area contributed by atoms with Gasteiger partial charge < -0.3 is 15.2 Å². The second kappa shape index (κ2) is 13.9. The van der Waals surface area contributed by atoms with Crippen LogP contribution in [0.15, 0.2) is 93.5 Å². The number of benzene rings is 2. The van der Waals surface area contributed by atoms with Crippen molar-refractivity contribution in [1.29, 1.82) is 0 Å². The molecule has 0 spiro atoms. The van der Waals surface area contributed by atoms with Crippen LogP contribution in [-0.2, 0) is 11.3 Å². The molecule has 2 aromatic heterocycles. The number of hydrogen-bond acceptors (Lipinski definition) is 9. The van der Waals surface area contributed by atoms with E-state index < -0.39 is 17.1 Å². The Labute approximate surface area is 292 Å². The number of aromatic hydroxyl groups is 1. The minimum atomic E-state index is -0.664. The van der Waals surface area contributed by atoms with E-state index in [-0.39, 0.29) is 35.5 Å². The zero-order chi connectivity index (χ0) is 35.1. The molecule has 14 heteroatoms. The van der Waals surface area contributed by atoms with Gasteiger partial charge in [-0.25, -0.2) is 23.6 Å². The molecule has 4 aliphatic rings. The highest BCUT2D eigenvalue weighted by atomic mass is 19.2. The Morgan fingerprint density at radius 3 is 2.67 bits per heavy atom. The summed E-state index contributed by atoms with van der Waals surface area (Å²) in [5.41, 5.74) is 2.65. The van der Waals surface area contributed by atoms with Crippen LogP contribution in [0.1, 0.15) is 37.3 Å². The number of quaternary nitrogens is 1. The highest BCUT2D eigenvalue weighted by molar-refractivity contribution is 5.88. The molecule has 1 unspecified atom stereocenters. The van der Waals surface area contributed by atoms with Gasteiger partial charge in [-0.3, -0.25) is 14.3 Å². The average Bonchev–Trinajstić information content (AvgIpc) is 3.55. The molecule has 51 heavy (non-hydrogen) atoms. The maximum absolute atomic E-state index is 14.6. The number of nitrogens with zero attached hydrogens (tertiary/aromatic N) is 6. The van der Waals surface area contributed by atoms with Gasteiger partial charge in [-0.1, -0.05) is 28.7 Å². The number of rotatable bonds is 8. The van der Waals surface area contributed by atoms with Crippen molar-refractivity contribution in [1.82, 2.24) is 29.5 Å². The van der Waals surface area contributed by atoms with Gasteiger partial charge in [0.15, 0.2) is 12.3 Å². The van der Waals surface area contributed by atoms with E-state index in [9.17, 15) is 23.6 Å². The number of amidine groups is 1. The van der Waals surface area contributed by atoms with Crippen LogP contribution in [0.5, 0.6) is 5.75 Å². The van der Waals surface area contributed by atoms with Gasteiger partial charge >= 0.3 is 5.69 Å². The fourth-order valence-electron chi connectivity index (χ4n) is 7.59. The molecule has 0 radical (unpaired) electrons. The third-order valence-corrected chi connectivity index (χ3v) is 10.2. The van der Waals surface area contributed by atoms with Crippen LogP contribution in [-0.4, -0.2) is 80.6 Å². The molecule has 4 aromatic rings. The van der Waals surface area contributed by atoms with Crippen molar-refractivity contribution in [3.8, 4) is 22.6 Å². The molecule has 2 fully saturated rings. The topological polar surface area (TPSA) is 122 Å². The number of hydrogen-bond donors (Lipinski definition) is 3. The van der Waals surface area contributed by atoms with E-state index >= 15 is 0 Å². The number of aliphatic imine (C=N–C) groups is 1. The van der Waals surface area contributed by atoms with Crippen LogP contribution in [0.2, 0.25) is 0 Å². The second-order valence-corrected chi connectivity index (χ2v) is 13.5. The van der Waals surface area contributed by atoms with Gasteiger partial charge in [-0.15, -0.1) is 0 Å². The number of nitrogens with one attached hydrogen (secondary N) is 2. The molecule has 1 saturated carbocycles. The van der Waals surface area contributed by atoms with Crippen molar-refractivity contribution in [2.75, 3.05) is 39.5 Å². The van der Waals surface area contributed by atoms with E-state index in [1.165, 1.54) is 15.3 Å². The quantitative estimate of drug-likeness (QED) is 0.241. The molecule has 0 bridgehead atoms. The number of phenolic OH excluding ortho intramolecular Hbond substituents is 1. The predicted octanol–water partition coefficient (Wildman–Crippen LogP) is 2.77. The number of phenols is 1. The van der Waals surface area contributed by atoms with E-state index in [0.717, 1.165) is 58.5 Å². The summed E-state index contributed by atoms with van der Waals surface area (Å²) in [4.78, 5) is 40.2. The largest absolute Gasteiger partial charge is 0.508 e. The first-order valence-electron chi connectivity index (χ1n) is 17.4. The van der Waals surface area contributed by atoms with Crippen molar-refractivity contribution in [3.63, 3.8) is 0 Å². The maximum Gasteiger partial charge on any atom is 0.337 e. The summed E-state index contributed by atoms with van der Waals surface area (Å²) in [5, 5.41) is 15.1. The van der Waals surface area contributed by atoms with Crippen molar-refractivity contribution >= 4 is 16.9 Å². The van der Waals surface area contributed by atoms with Crippen LogP contribution in [0.3, 0.4) is 0 Å². The van der Waals surface area contributed by atoms with Gasteiger partial charge in [-0.2, -0.15) is 10.1 Å². The van der Waals surface area contributed by atoms with Crippen molar-refractivity contribution < 1.29 is 23.6 Å². The standard InChI is InChI=1S/C37H38F2N8O4/c38-25-18-31-35(41-19-25)46(29-4-1-3-24(17-29)30-5-2-6-33(48)32(30)22-43-13-15-51-16-14-43)37(50)47(36(31)49)28-9-7-26(8-10-28)40-20-27-21-44-23-45(39)12-11-34(44)42-27/h1-6,11-12,17-19,21,26,28,40,48H,7-10,13-16,20,22-23H2/p+1. The molecule has 3 N–H and O–H groups in total. The molecule has 1 aliphatic carbocycles. The Morgan fingerprint density at radius 2 is 1.84 bits per heavy atom. The van der Waals surface area contributed by atoms with Gasteiger partial charge in [0.2, 0.25) is 5.84 Å². The Morgan fingerprint density at radius 1 is 1.04 bits per heavy atom. The van der Waals surface area contributed by atoms with Gasteiger partial charge in [0, 0.05) is 56.1 Å². The zero-order valence-corrected chi connectivity index (χ0v) is 28.0. The van der Waals surface area contributed by atoms with Crippen LogP contribution < -0.4 is 21.5 Å². The lowest BCUT2D eigenvalue weighted by atomic mass is 9.91. The third-order valence-electron chi connectivity index (χ3n) is 10.2. The number of fused-ring (bicyclic) bond motifs is 2. The second-order valence-electron chi connectivity index (χ2n) is 13.5. The minimum Gasteiger partial charge on any atom is -0.508 e. The highest BCUT2D eigenvalue weighted by Crippen LogP contribution is 2.33. The molecule has 8 rings (SSSR count). The normalized spacial score (nSPS) is 22.2. The fraction of sp³-hybridized carbons (Fsp3) is 0.351. The first-order valence-corrected chi connectivity index (χ1v) is 17.4. The summed E-state index contributed by atoms with van der Waals surface area (Å²) in [7, 11) is 0. The fourth-order valence-corrected chi connectivity index (χ4v) is 7.59. The minimum absolute atomic E-state index is 0.0257. The summed E-state index contributed by atoms with van der Waals surface area (Å²) in [5.74, 6) is 0.296. The van der Waals surface area contributed by atoms with Gasteiger partial charge in [0.25, 0.3) is 5.56 Å². The zero-order valence-electron chi connectivity index (χ0n) is 28.0. The van der Waals surface area contributed by atoms with Gasteiger partial charge in [0.1, 0.15) is 23.5 Å². The van der Waals surface area contributed by atoms with Crippen LogP contribution in [0.25, 0.3) is 27.8 Å². The Hall–Kier alpha value is -5.02. The molecular formula is C37H39F2N8O4+. The molecule has 1 atom stereocenters. The van der Waals surface area contributed by atoms with Crippen molar-refractivity contribution in [2.45, 2.75) is 44.3 Å². The predicted molar refractivity (Wildman–Crippen MR) is 187 cm³/mol. The lowest BCUT2D eigenvalue weighted by molar-refractivity contribution is -0.763. The third kappa shape index (κ3) is 6.63. The molecule has 3 aliphatic heterocycles. The molecule has 264 valence electrons. The Balaban J connectivity index is 1.08. The first kappa shape index (κ1) is 33.1. The SMILES string of the molecule is O=c1c2cc(F)cnc2n(-c2cccc(-c3cccc(O)c3CN3CCOCC3)c2)c(=O)n1C1CCC(NCC2=C[NH+]3CN(F)C=CC3=N2)CC1. The summed E-state index contributed by atoms with van der Waals surface area (Å²) in [6, 6.07) is 13.7. The maximum atomic E-state index is 14.6. The van der Waals surface area contributed by atoms with Crippen molar-refractivity contribution in [3.05, 3.63) is 111 Å². The average molecular weight is 698 g/mol. The van der Waals surface area contributed by atoms with Crippen LogP contribution >= 0.6 is 0 Å². The number of aromatic nitrogens is 3. The summed E-state index contributed by atoms with van der Waals surface area (Å²) < 4.78 is 36.4. The molecule has 5 heterocycles. The first-order chi connectivity index (χ1) is 24.8. The lowest BCUT2D eigenvalue weighted by Crippen LogP contribution is -3.11. The summed E-state index contributed by atoms with van der Waals surface area (Å²) in [6.07, 6.45) is 8.53. The molecular weight excluding hydrogens is 658 g/mol. The van der Waals surface area contributed by atoms with E-state index in [4.69, 9.17) is 4.74 Å². The number of ether oxygens (including phenoxy) is 1. The van der Waals surface area contributed by atoms with Crippen LogP contribution in [0, 0.1) is 5.82 Å². The smallest absolute Gasteiger partial charge is 0.337 e. The monoisotopic (exact) mass is 697 g/mol. The summed E-state index contributed by atoms with van der Waals surface area (Å²) >= 11 is 0. The molecule has 12 nitrogen and oxygen atoms in total. The molecule has 0 amide bonds. The van der Waals surface area contributed by atoms with Gasteiger partial charge in [-0.05, 0) is 61.1 Å². The number of pyridine rings is 1. The van der Waals surface area contributed by atoms with Gasteiger partial charge in [0.05, 0.1) is 30.5 Å². The highest BCUT2D eigenvalue weighted by Gasteiger charge is 2.30. The van der Waals surface area contributed by atoms with Crippen molar-refractivity contribution in [2.24, 2.45) is 4.99 Å². The van der Waals surface area contributed by atoms with E-state index in [1.807, 2.05) is 30.5 Å². The number of halogens is 2. The molecule has 2 aromatic carbocycles. The Kier molecular flexibility index (Phi) is 9.06. The van der Waals surface area contributed by atoms with Crippen LogP contribution in [0.4, 0.5) is 8.87 Å².